The van der Waals surface area contributed by atoms with Crippen LogP contribution in [-0.4, -0.2) is 48.7 Å². The van der Waals surface area contributed by atoms with E-state index in [4.69, 9.17) is 4.42 Å². The number of hydrogen-bond donors (Lipinski definition) is 2. The van der Waals surface area contributed by atoms with Gasteiger partial charge in [0.05, 0.1) is 12.3 Å². The monoisotopic (exact) mass is 541 g/mol. The number of aliphatic imine (C=N–C) groups is 1. The van der Waals surface area contributed by atoms with Gasteiger partial charge in [-0.25, -0.2) is 0 Å². The van der Waals surface area contributed by atoms with Crippen molar-refractivity contribution in [3.63, 3.8) is 0 Å². The van der Waals surface area contributed by atoms with Crippen molar-refractivity contribution in [2.45, 2.75) is 51.6 Å². The summed E-state index contributed by atoms with van der Waals surface area (Å²) in [5, 5.41) is 6.85. The number of guanidine groups is 1. The van der Waals surface area contributed by atoms with Crippen LogP contribution in [0.2, 0.25) is 0 Å². The quantitative estimate of drug-likeness (QED) is 0.220. The first-order chi connectivity index (χ1) is 14.7. The fourth-order valence-corrected chi connectivity index (χ4v) is 4.05. The zero-order valence-corrected chi connectivity index (χ0v) is 21.0. The van der Waals surface area contributed by atoms with E-state index >= 15 is 0 Å². The van der Waals surface area contributed by atoms with Crippen LogP contribution in [0.15, 0.2) is 50.8 Å². The summed E-state index contributed by atoms with van der Waals surface area (Å²) in [6.07, 6.45) is 7.46. The lowest BCUT2D eigenvalue weighted by molar-refractivity contribution is 0.146. The van der Waals surface area contributed by atoms with Gasteiger partial charge in [0.25, 0.3) is 5.56 Å². The summed E-state index contributed by atoms with van der Waals surface area (Å²) >= 11 is 0. The first kappa shape index (κ1) is 25.5. The second-order valence-electron chi connectivity index (χ2n) is 7.87. The topological polar surface area (TPSA) is 74.8 Å². The summed E-state index contributed by atoms with van der Waals surface area (Å²) < 4.78 is 7.55. The minimum Gasteiger partial charge on any atom is -0.468 e. The Labute approximate surface area is 202 Å². The van der Waals surface area contributed by atoms with Crippen LogP contribution in [0.4, 0.5) is 0 Å². The number of rotatable bonds is 9. The van der Waals surface area contributed by atoms with Gasteiger partial charge >= 0.3 is 0 Å². The molecule has 2 aromatic heterocycles. The molecule has 3 rings (SSSR count). The molecular weight excluding hydrogens is 505 g/mol. The Hall–Kier alpha value is -1.81. The summed E-state index contributed by atoms with van der Waals surface area (Å²) in [5.74, 6) is 1.81. The first-order valence-corrected chi connectivity index (χ1v) is 11.1. The molecule has 0 radical (unpaired) electrons. The highest BCUT2D eigenvalue weighted by molar-refractivity contribution is 14.0. The van der Waals surface area contributed by atoms with E-state index in [2.05, 4.69) is 26.6 Å². The molecule has 2 N–H and O–H groups in total. The van der Waals surface area contributed by atoms with Gasteiger partial charge in [0.15, 0.2) is 5.96 Å². The largest absolute Gasteiger partial charge is 0.468 e. The summed E-state index contributed by atoms with van der Waals surface area (Å²) in [6, 6.07) is 9.64. The Morgan fingerprint density at radius 1 is 1.13 bits per heavy atom. The maximum absolute atomic E-state index is 11.9. The van der Waals surface area contributed by atoms with E-state index < -0.39 is 0 Å². The zero-order valence-electron chi connectivity index (χ0n) is 18.7. The van der Waals surface area contributed by atoms with Crippen LogP contribution in [0.1, 0.15) is 49.6 Å². The van der Waals surface area contributed by atoms with Crippen molar-refractivity contribution in [1.29, 1.82) is 0 Å². The van der Waals surface area contributed by atoms with E-state index in [9.17, 15) is 4.79 Å². The molecule has 0 aromatic carbocycles. The van der Waals surface area contributed by atoms with Crippen LogP contribution < -0.4 is 16.2 Å². The maximum atomic E-state index is 11.9. The van der Waals surface area contributed by atoms with Crippen LogP contribution in [0.5, 0.6) is 0 Å². The molecule has 0 spiro atoms. The normalized spacial score (nSPS) is 15.9. The number of nitrogens with one attached hydrogen (secondary N) is 2. The van der Waals surface area contributed by atoms with Crippen molar-refractivity contribution in [1.82, 2.24) is 20.1 Å². The Kier molecular flexibility index (Phi) is 11.1. The molecule has 0 saturated carbocycles. The minimum absolute atomic E-state index is 0. The maximum Gasteiger partial charge on any atom is 0.250 e. The van der Waals surface area contributed by atoms with Gasteiger partial charge in [0, 0.05) is 38.4 Å². The van der Waals surface area contributed by atoms with Crippen LogP contribution in [0.3, 0.4) is 0 Å². The highest BCUT2D eigenvalue weighted by Crippen LogP contribution is 2.24. The highest BCUT2D eigenvalue weighted by Gasteiger charge is 2.24. The molecule has 1 aliphatic heterocycles. The van der Waals surface area contributed by atoms with Gasteiger partial charge in [0.1, 0.15) is 5.76 Å². The van der Waals surface area contributed by atoms with E-state index in [0.29, 0.717) is 0 Å². The Balaban J connectivity index is 0.00000341. The van der Waals surface area contributed by atoms with Crippen molar-refractivity contribution in [3.05, 3.63) is 58.4 Å². The fourth-order valence-electron chi connectivity index (χ4n) is 4.05. The van der Waals surface area contributed by atoms with Crippen molar-refractivity contribution in [3.8, 4) is 0 Å². The molecule has 1 unspecified atom stereocenters. The molecule has 0 bridgehead atoms. The lowest BCUT2D eigenvalue weighted by atomic mass is 10.1. The summed E-state index contributed by atoms with van der Waals surface area (Å²) in [4.78, 5) is 18.8. The van der Waals surface area contributed by atoms with E-state index in [1.54, 1.807) is 19.4 Å². The lowest BCUT2D eigenvalue weighted by Gasteiger charge is -2.33. The van der Waals surface area contributed by atoms with Crippen molar-refractivity contribution in [2.24, 2.45) is 4.99 Å². The number of halogens is 1. The second-order valence-corrected chi connectivity index (χ2v) is 7.87. The van der Waals surface area contributed by atoms with Crippen LogP contribution >= 0.6 is 24.0 Å². The van der Waals surface area contributed by atoms with Crippen molar-refractivity contribution >= 4 is 29.9 Å². The molecule has 0 amide bonds. The van der Waals surface area contributed by atoms with E-state index in [1.807, 2.05) is 29.7 Å². The number of aromatic nitrogens is 1. The highest BCUT2D eigenvalue weighted by atomic mass is 127. The summed E-state index contributed by atoms with van der Waals surface area (Å²) in [6.45, 7) is 6.51. The van der Waals surface area contributed by atoms with E-state index in [-0.39, 0.29) is 35.6 Å². The smallest absolute Gasteiger partial charge is 0.250 e. The number of piperidine rings is 1. The average Bonchev–Trinajstić information content (AvgIpc) is 3.29. The van der Waals surface area contributed by atoms with Gasteiger partial charge < -0.3 is 19.6 Å². The molecule has 1 atom stereocenters. The van der Waals surface area contributed by atoms with Crippen LogP contribution in [-0.2, 0) is 6.54 Å². The van der Waals surface area contributed by atoms with Gasteiger partial charge in [-0.15, -0.1) is 24.0 Å². The summed E-state index contributed by atoms with van der Waals surface area (Å²) in [5.41, 5.74) is 1.08. The fraction of sp³-hybridized carbons (Fsp3) is 0.565. The van der Waals surface area contributed by atoms with Crippen LogP contribution in [0.25, 0.3) is 0 Å². The molecule has 7 nitrogen and oxygen atoms in total. The molecule has 1 aliphatic rings. The summed E-state index contributed by atoms with van der Waals surface area (Å²) in [7, 11) is 1.80. The number of furan rings is 1. The molecule has 172 valence electrons. The molecule has 31 heavy (non-hydrogen) atoms. The number of nitrogens with zero attached hydrogens (tertiary/aromatic N) is 3. The SMILES string of the molecule is CN=C(NCCCCn1c(C)cccc1=O)NCC(c1ccco1)N1CCCCC1.I. The number of aryl methyl sites for hydroxylation is 1. The number of pyridine rings is 1. The lowest BCUT2D eigenvalue weighted by Crippen LogP contribution is -2.44. The van der Waals surface area contributed by atoms with Gasteiger partial charge in [-0.1, -0.05) is 12.5 Å². The zero-order chi connectivity index (χ0) is 21.2. The third-order valence-corrected chi connectivity index (χ3v) is 5.76. The predicted molar refractivity (Wildman–Crippen MR) is 136 cm³/mol. The van der Waals surface area contributed by atoms with Gasteiger partial charge in [-0.2, -0.15) is 0 Å². The van der Waals surface area contributed by atoms with E-state index in [1.165, 1.54) is 19.3 Å². The van der Waals surface area contributed by atoms with E-state index in [0.717, 1.165) is 63.0 Å². The number of hydrogen-bond acceptors (Lipinski definition) is 4. The Bertz CT molecular complexity index is 844. The molecule has 2 aromatic rings. The number of unbranched alkanes of at least 4 members (excludes halogenated alkanes) is 1. The van der Waals surface area contributed by atoms with Gasteiger partial charge in [0.2, 0.25) is 0 Å². The van der Waals surface area contributed by atoms with Crippen molar-refractivity contribution in [2.75, 3.05) is 33.2 Å². The Morgan fingerprint density at radius 3 is 2.61 bits per heavy atom. The van der Waals surface area contributed by atoms with Gasteiger partial charge in [-0.05, 0) is 63.9 Å². The molecule has 8 heteroatoms. The molecular formula is C23H36IN5O2. The molecule has 1 fully saturated rings. The second kappa shape index (κ2) is 13.6. The predicted octanol–water partition coefficient (Wildman–Crippen LogP) is 3.54. The van der Waals surface area contributed by atoms with Crippen molar-refractivity contribution < 1.29 is 4.42 Å². The Morgan fingerprint density at radius 2 is 1.94 bits per heavy atom. The van der Waals surface area contributed by atoms with Gasteiger partial charge in [-0.3, -0.25) is 14.7 Å². The number of likely N-dealkylation sites (tertiary alicyclic amines) is 1. The minimum atomic E-state index is 0. The standard InChI is InChI=1S/C23H35N5O2.HI/c1-19-10-8-12-22(29)28(19)16-7-4-13-25-23(24-2)26-18-20(21-11-9-17-30-21)27-14-5-3-6-15-27;/h8-12,17,20H,3-7,13-16,18H2,1-2H3,(H2,24,25,26);1H. The third-order valence-electron chi connectivity index (χ3n) is 5.76. The van der Waals surface area contributed by atoms with Crippen LogP contribution in [0, 0.1) is 6.92 Å². The molecule has 0 aliphatic carbocycles. The average molecular weight is 541 g/mol. The molecule has 3 heterocycles. The third kappa shape index (κ3) is 7.68. The first-order valence-electron chi connectivity index (χ1n) is 11.1. The molecule has 1 saturated heterocycles.